The zero-order chi connectivity index (χ0) is 13.2. The van der Waals surface area contributed by atoms with Gasteiger partial charge in [0.15, 0.2) is 0 Å². The molecule has 0 aromatic heterocycles. The summed E-state index contributed by atoms with van der Waals surface area (Å²) in [6, 6.07) is 0.650. The Balaban J connectivity index is 2.17. The summed E-state index contributed by atoms with van der Waals surface area (Å²) in [6.07, 6.45) is 14.6. The summed E-state index contributed by atoms with van der Waals surface area (Å²) >= 11 is 0. The molecule has 1 aliphatic rings. The summed E-state index contributed by atoms with van der Waals surface area (Å²) in [5.41, 5.74) is 0. The number of nitrogens with one attached hydrogen (secondary N) is 1. The molecule has 2 atom stereocenters. The van der Waals surface area contributed by atoms with E-state index in [-0.39, 0.29) is 0 Å². The van der Waals surface area contributed by atoms with Crippen LogP contribution in [0.1, 0.15) is 85.0 Å². The number of unbranched alkanes of at least 4 members (excludes halogenated alkanes) is 4. The van der Waals surface area contributed by atoms with Crippen molar-refractivity contribution in [3.63, 3.8) is 0 Å². The molecule has 18 heavy (non-hydrogen) atoms. The fourth-order valence-corrected chi connectivity index (χ4v) is 3.33. The van der Waals surface area contributed by atoms with Crippen molar-refractivity contribution >= 4 is 0 Å². The largest absolute Gasteiger partial charge is 0.314 e. The van der Waals surface area contributed by atoms with Crippen molar-refractivity contribution in [1.82, 2.24) is 5.32 Å². The second-order valence-electron chi connectivity index (χ2n) is 6.57. The van der Waals surface area contributed by atoms with Crippen molar-refractivity contribution < 1.29 is 0 Å². The molecule has 1 heteroatoms. The standard InChI is InChI=1S/C17H35N/c1-4-5-6-7-8-11-16-12-9-10-13-17(16)14-18-15(2)3/h15-18H,4-14H2,1-3H3. The van der Waals surface area contributed by atoms with Crippen molar-refractivity contribution in [3.8, 4) is 0 Å². The molecular weight excluding hydrogens is 218 g/mol. The molecule has 1 nitrogen and oxygen atoms in total. The number of hydrogen-bond acceptors (Lipinski definition) is 1. The average molecular weight is 253 g/mol. The maximum Gasteiger partial charge on any atom is 0.00104 e. The van der Waals surface area contributed by atoms with Gasteiger partial charge in [-0.1, -0.05) is 78.6 Å². The van der Waals surface area contributed by atoms with E-state index in [0.717, 1.165) is 11.8 Å². The minimum Gasteiger partial charge on any atom is -0.314 e. The Labute approximate surface area is 115 Å². The Morgan fingerprint density at radius 2 is 1.61 bits per heavy atom. The second-order valence-corrected chi connectivity index (χ2v) is 6.57. The summed E-state index contributed by atoms with van der Waals surface area (Å²) in [4.78, 5) is 0. The first kappa shape index (κ1) is 16.0. The van der Waals surface area contributed by atoms with E-state index in [1.54, 1.807) is 0 Å². The zero-order valence-electron chi connectivity index (χ0n) is 13.0. The van der Waals surface area contributed by atoms with Crippen molar-refractivity contribution in [2.45, 2.75) is 91.0 Å². The van der Waals surface area contributed by atoms with E-state index in [1.165, 1.54) is 70.8 Å². The normalized spacial score (nSPS) is 24.7. The Kier molecular flexibility index (Phi) is 8.75. The molecule has 2 unspecified atom stereocenters. The van der Waals surface area contributed by atoms with Gasteiger partial charge in [-0.2, -0.15) is 0 Å². The summed E-state index contributed by atoms with van der Waals surface area (Å²) in [5.74, 6) is 1.99. The molecule has 0 aromatic rings. The van der Waals surface area contributed by atoms with Crippen molar-refractivity contribution in [2.75, 3.05) is 6.54 Å². The fraction of sp³-hybridized carbons (Fsp3) is 1.00. The van der Waals surface area contributed by atoms with Crippen LogP contribution in [0.5, 0.6) is 0 Å². The summed E-state index contributed by atoms with van der Waals surface area (Å²) in [5, 5.41) is 3.66. The van der Waals surface area contributed by atoms with E-state index >= 15 is 0 Å². The Morgan fingerprint density at radius 1 is 0.944 bits per heavy atom. The van der Waals surface area contributed by atoms with Crippen LogP contribution in [-0.4, -0.2) is 12.6 Å². The Hall–Kier alpha value is -0.0400. The molecule has 0 bridgehead atoms. The van der Waals surface area contributed by atoms with Crippen LogP contribution >= 0.6 is 0 Å². The van der Waals surface area contributed by atoms with Gasteiger partial charge in [0.2, 0.25) is 0 Å². The molecule has 0 spiro atoms. The summed E-state index contributed by atoms with van der Waals surface area (Å²) < 4.78 is 0. The average Bonchev–Trinajstić information content (AvgIpc) is 2.37. The summed E-state index contributed by atoms with van der Waals surface area (Å²) in [7, 11) is 0. The lowest BCUT2D eigenvalue weighted by atomic mass is 9.76. The summed E-state index contributed by atoms with van der Waals surface area (Å²) in [6.45, 7) is 8.09. The molecule has 1 fully saturated rings. The first-order chi connectivity index (χ1) is 8.74. The van der Waals surface area contributed by atoms with E-state index in [9.17, 15) is 0 Å². The predicted octanol–water partition coefficient (Wildman–Crippen LogP) is 5.15. The van der Waals surface area contributed by atoms with Crippen LogP contribution in [-0.2, 0) is 0 Å². The minimum absolute atomic E-state index is 0.650. The third-order valence-electron chi connectivity index (χ3n) is 4.53. The van der Waals surface area contributed by atoms with Crippen LogP contribution in [0, 0.1) is 11.8 Å². The highest BCUT2D eigenvalue weighted by atomic mass is 14.9. The van der Waals surface area contributed by atoms with Gasteiger partial charge in [-0.05, 0) is 24.8 Å². The highest BCUT2D eigenvalue weighted by molar-refractivity contribution is 4.77. The molecule has 0 saturated heterocycles. The number of hydrogen-bond donors (Lipinski definition) is 1. The molecule has 1 aliphatic carbocycles. The van der Waals surface area contributed by atoms with Gasteiger partial charge in [0.1, 0.15) is 0 Å². The van der Waals surface area contributed by atoms with Crippen LogP contribution in [0.25, 0.3) is 0 Å². The van der Waals surface area contributed by atoms with Crippen LogP contribution in [0.3, 0.4) is 0 Å². The van der Waals surface area contributed by atoms with Gasteiger partial charge < -0.3 is 5.32 Å². The molecular formula is C17H35N. The predicted molar refractivity (Wildman–Crippen MR) is 82.0 cm³/mol. The smallest absolute Gasteiger partial charge is 0.00104 e. The molecule has 1 N–H and O–H groups in total. The Bertz CT molecular complexity index is 188. The molecule has 0 amide bonds. The van der Waals surface area contributed by atoms with Crippen molar-refractivity contribution in [3.05, 3.63) is 0 Å². The highest BCUT2D eigenvalue weighted by Gasteiger charge is 2.24. The first-order valence-corrected chi connectivity index (χ1v) is 8.47. The SMILES string of the molecule is CCCCCCCC1CCCCC1CNC(C)C. The number of rotatable bonds is 9. The van der Waals surface area contributed by atoms with Gasteiger partial charge in [-0.3, -0.25) is 0 Å². The molecule has 1 rings (SSSR count). The van der Waals surface area contributed by atoms with Gasteiger partial charge >= 0.3 is 0 Å². The third-order valence-corrected chi connectivity index (χ3v) is 4.53. The molecule has 0 aromatic carbocycles. The molecule has 0 aliphatic heterocycles. The van der Waals surface area contributed by atoms with Crippen LogP contribution < -0.4 is 5.32 Å². The second kappa shape index (κ2) is 9.83. The van der Waals surface area contributed by atoms with Crippen LogP contribution in [0.2, 0.25) is 0 Å². The van der Waals surface area contributed by atoms with E-state index in [2.05, 4.69) is 26.1 Å². The van der Waals surface area contributed by atoms with E-state index in [1.807, 2.05) is 0 Å². The van der Waals surface area contributed by atoms with Crippen molar-refractivity contribution in [1.29, 1.82) is 0 Å². The quantitative estimate of drug-likeness (QED) is 0.560. The zero-order valence-corrected chi connectivity index (χ0v) is 13.0. The van der Waals surface area contributed by atoms with Gasteiger partial charge in [0.25, 0.3) is 0 Å². The fourth-order valence-electron chi connectivity index (χ4n) is 3.33. The molecule has 0 heterocycles. The van der Waals surface area contributed by atoms with Crippen LogP contribution in [0.4, 0.5) is 0 Å². The first-order valence-electron chi connectivity index (χ1n) is 8.47. The van der Waals surface area contributed by atoms with Gasteiger partial charge in [0.05, 0.1) is 0 Å². The third kappa shape index (κ3) is 6.78. The van der Waals surface area contributed by atoms with E-state index in [4.69, 9.17) is 0 Å². The topological polar surface area (TPSA) is 12.0 Å². The van der Waals surface area contributed by atoms with E-state index < -0.39 is 0 Å². The van der Waals surface area contributed by atoms with Gasteiger partial charge in [-0.15, -0.1) is 0 Å². The van der Waals surface area contributed by atoms with Crippen molar-refractivity contribution in [2.24, 2.45) is 11.8 Å². The lowest BCUT2D eigenvalue weighted by molar-refractivity contribution is 0.209. The lowest BCUT2D eigenvalue weighted by Crippen LogP contribution is -2.34. The lowest BCUT2D eigenvalue weighted by Gasteiger charge is -2.32. The monoisotopic (exact) mass is 253 g/mol. The maximum atomic E-state index is 3.66. The Morgan fingerprint density at radius 3 is 2.28 bits per heavy atom. The molecule has 0 radical (unpaired) electrons. The molecule has 108 valence electrons. The van der Waals surface area contributed by atoms with Gasteiger partial charge in [-0.25, -0.2) is 0 Å². The van der Waals surface area contributed by atoms with Crippen LogP contribution in [0.15, 0.2) is 0 Å². The molecule has 1 saturated carbocycles. The van der Waals surface area contributed by atoms with Gasteiger partial charge in [0, 0.05) is 6.04 Å². The maximum absolute atomic E-state index is 3.66. The highest BCUT2D eigenvalue weighted by Crippen LogP contribution is 2.33. The minimum atomic E-state index is 0.650. The van der Waals surface area contributed by atoms with E-state index in [0.29, 0.717) is 6.04 Å².